The van der Waals surface area contributed by atoms with Crippen molar-refractivity contribution in [1.29, 1.82) is 0 Å². The first kappa shape index (κ1) is 12.7. The lowest BCUT2D eigenvalue weighted by molar-refractivity contribution is -0.119. The van der Waals surface area contributed by atoms with Crippen molar-refractivity contribution in [3.05, 3.63) is 28.3 Å². The van der Waals surface area contributed by atoms with Crippen molar-refractivity contribution >= 4 is 28.2 Å². The Morgan fingerprint density at radius 2 is 1.90 bits per heavy atom. The molecular formula is C14H16N4O2. The Hall–Kier alpha value is -2.37. The minimum Gasteiger partial charge on any atom is -0.361 e. The number of H-pyrrole nitrogens is 1. The summed E-state index contributed by atoms with van der Waals surface area (Å²) in [5.74, 6) is 0.592. The van der Waals surface area contributed by atoms with Gasteiger partial charge in [0.1, 0.15) is 11.9 Å². The normalized spacial score (nSPS) is 18.6. The molecule has 2 heterocycles. The summed E-state index contributed by atoms with van der Waals surface area (Å²) in [7, 11) is 3.60. The minimum absolute atomic E-state index is 0.0100. The number of nitrogens with one attached hydrogen (secondary N) is 1. The monoisotopic (exact) mass is 272 g/mol. The molecule has 0 saturated heterocycles. The SMILES string of the molecule is Cc1nc2cc3c(cc2c(=O)[nH]1)N(C)C(=O)C(C)N3C. The number of hydrogen-bond acceptors (Lipinski definition) is 4. The molecule has 6 heteroatoms. The number of aromatic amines is 1. The zero-order valence-corrected chi connectivity index (χ0v) is 11.9. The number of anilines is 2. The Bertz CT molecular complexity index is 781. The maximum atomic E-state index is 12.2. The van der Waals surface area contributed by atoms with Crippen molar-refractivity contribution in [2.75, 3.05) is 23.9 Å². The first-order valence-electron chi connectivity index (χ1n) is 6.45. The standard InChI is InChI=1S/C14H16N4O2/c1-7-14(20)18(4)11-5-9-10(6-12(11)17(7)3)15-8(2)16-13(9)19/h5-7H,1-4H3,(H,15,16,19). The summed E-state index contributed by atoms with van der Waals surface area (Å²) in [5.41, 5.74) is 2.10. The zero-order chi connectivity index (χ0) is 14.6. The summed E-state index contributed by atoms with van der Waals surface area (Å²) in [5, 5.41) is 0.497. The number of carbonyl (C=O) groups excluding carboxylic acids is 1. The maximum absolute atomic E-state index is 12.2. The second kappa shape index (κ2) is 4.06. The number of rotatable bonds is 0. The lowest BCUT2D eigenvalue weighted by Gasteiger charge is -2.38. The van der Waals surface area contributed by atoms with Crippen LogP contribution in [0.3, 0.4) is 0 Å². The van der Waals surface area contributed by atoms with Crippen LogP contribution in [-0.2, 0) is 4.79 Å². The van der Waals surface area contributed by atoms with Gasteiger partial charge in [-0.05, 0) is 26.0 Å². The van der Waals surface area contributed by atoms with Gasteiger partial charge in [-0.25, -0.2) is 4.98 Å². The topological polar surface area (TPSA) is 69.3 Å². The van der Waals surface area contributed by atoms with Crippen LogP contribution in [0.15, 0.2) is 16.9 Å². The van der Waals surface area contributed by atoms with Crippen LogP contribution in [-0.4, -0.2) is 36.0 Å². The van der Waals surface area contributed by atoms with E-state index in [2.05, 4.69) is 9.97 Å². The van der Waals surface area contributed by atoms with Gasteiger partial charge in [0.25, 0.3) is 5.56 Å². The Labute approximate surface area is 116 Å². The van der Waals surface area contributed by atoms with E-state index in [0.717, 1.165) is 11.4 Å². The third kappa shape index (κ3) is 1.61. The number of fused-ring (bicyclic) bond motifs is 2. The third-order valence-electron chi connectivity index (χ3n) is 3.93. The van der Waals surface area contributed by atoms with E-state index in [4.69, 9.17) is 0 Å². The molecule has 0 saturated carbocycles. The highest BCUT2D eigenvalue weighted by molar-refractivity contribution is 6.07. The molecular weight excluding hydrogens is 256 g/mol. The predicted molar refractivity (Wildman–Crippen MR) is 78.4 cm³/mol. The number of nitrogens with zero attached hydrogens (tertiary/aromatic N) is 3. The van der Waals surface area contributed by atoms with Crippen molar-refractivity contribution in [3.8, 4) is 0 Å². The molecule has 1 N–H and O–H groups in total. The van der Waals surface area contributed by atoms with Crippen LogP contribution in [0.1, 0.15) is 12.7 Å². The maximum Gasteiger partial charge on any atom is 0.258 e. The highest BCUT2D eigenvalue weighted by Crippen LogP contribution is 2.36. The number of hydrogen-bond donors (Lipinski definition) is 1. The van der Waals surface area contributed by atoms with Crippen LogP contribution in [0, 0.1) is 6.92 Å². The Morgan fingerprint density at radius 3 is 2.60 bits per heavy atom. The number of benzene rings is 1. The average molecular weight is 272 g/mol. The molecule has 20 heavy (non-hydrogen) atoms. The molecule has 0 radical (unpaired) electrons. The van der Waals surface area contributed by atoms with Crippen LogP contribution in [0.2, 0.25) is 0 Å². The fraction of sp³-hybridized carbons (Fsp3) is 0.357. The quantitative estimate of drug-likeness (QED) is 0.777. The molecule has 2 aromatic rings. The first-order chi connectivity index (χ1) is 9.40. The van der Waals surface area contributed by atoms with Crippen molar-refractivity contribution in [3.63, 3.8) is 0 Å². The highest BCUT2D eigenvalue weighted by atomic mass is 16.2. The van der Waals surface area contributed by atoms with E-state index in [1.54, 1.807) is 24.9 Å². The summed E-state index contributed by atoms with van der Waals surface area (Å²) < 4.78 is 0. The molecule has 1 amide bonds. The Kier molecular flexibility index (Phi) is 2.57. The van der Waals surface area contributed by atoms with Gasteiger partial charge in [-0.1, -0.05) is 0 Å². The molecule has 1 aliphatic rings. The first-order valence-corrected chi connectivity index (χ1v) is 6.45. The second-order valence-electron chi connectivity index (χ2n) is 5.19. The number of likely N-dealkylation sites (N-methyl/N-ethyl adjacent to an activating group) is 2. The molecule has 1 aromatic carbocycles. The van der Waals surface area contributed by atoms with Gasteiger partial charge in [-0.15, -0.1) is 0 Å². The van der Waals surface area contributed by atoms with E-state index in [0.29, 0.717) is 16.7 Å². The van der Waals surface area contributed by atoms with Crippen molar-refractivity contribution in [2.45, 2.75) is 19.9 Å². The van der Waals surface area contributed by atoms with E-state index in [1.807, 2.05) is 24.9 Å². The summed E-state index contributed by atoms with van der Waals surface area (Å²) in [4.78, 5) is 34.7. The molecule has 3 rings (SSSR count). The smallest absolute Gasteiger partial charge is 0.258 e. The summed E-state index contributed by atoms with van der Waals surface area (Å²) in [6, 6.07) is 3.37. The van der Waals surface area contributed by atoms with E-state index in [-0.39, 0.29) is 17.5 Å². The van der Waals surface area contributed by atoms with Gasteiger partial charge >= 0.3 is 0 Å². The fourth-order valence-corrected chi connectivity index (χ4v) is 2.60. The van der Waals surface area contributed by atoms with Crippen molar-refractivity contribution in [1.82, 2.24) is 9.97 Å². The molecule has 6 nitrogen and oxygen atoms in total. The van der Waals surface area contributed by atoms with Crippen LogP contribution in [0.4, 0.5) is 11.4 Å². The van der Waals surface area contributed by atoms with Gasteiger partial charge in [-0.2, -0.15) is 0 Å². The summed E-state index contributed by atoms with van der Waals surface area (Å²) in [6.07, 6.45) is 0. The van der Waals surface area contributed by atoms with Gasteiger partial charge < -0.3 is 14.8 Å². The van der Waals surface area contributed by atoms with Crippen LogP contribution in [0.5, 0.6) is 0 Å². The van der Waals surface area contributed by atoms with Crippen molar-refractivity contribution in [2.24, 2.45) is 0 Å². The highest BCUT2D eigenvalue weighted by Gasteiger charge is 2.31. The third-order valence-corrected chi connectivity index (χ3v) is 3.93. The molecule has 0 bridgehead atoms. The van der Waals surface area contributed by atoms with Gasteiger partial charge in [-0.3, -0.25) is 9.59 Å². The van der Waals surface area contributed by atoms with Gasteiger partial charge in [0.15, 0.2) is 0 Å². The largest absolute Gasteiger partial charge is 0.361 e. The summed E-state index contributed by atoms with van der Waals surface area (Å²) >= 11 is 0. The fourth-order valence-electron chi connectivity index (χ4n) is 2.60. The zero-order valence-electron chi connectivity index (χ0n) is 11.9. The second-order valence-corrected chi connectivity index (χ2v) is 5.19. The number of aromatic nitrogens is 2. The molecule has 1 aromatic heterocycles. The Morgan fingerprint density at radius 1 is 1.20 bits per heavy atom. The molecule has 104 valence electrons. The van der Waals surface area contributed by atoms with Crippen molar-refractivity contribution < 1.29 is 4.79 Å². The number of carbonyl (C=O) groups is 1. The van der Waals surface area contributed by atoms with E-state index in [1.165, 1.54) is 0 Å². The molecule has 0 aliphatic carbocycles. The lowest BCUT2D eigenvalue weighted by Crippen LogP contribution is -2.49. The van der Waals surface area contributed by atoms with E-state index < -0.39 is 0 Å². The number of aryl methyl sites for hydroxylation is 1. The molecule has 1 aliphatic heterocycles. The van der Waals surface area contributed by atoms with E-state index in [9.17, 15) is 9.59 Å². The van der Waals surface area contributed by atoms with Gasteiger partial charge in [0.05, 0.1) is 22.3 Å². The van der Waals surface area contributed by atoms with Gasteiger partial charge in [0, 0.05) is 14.1 Å². The predicted octanol–water partition coefficient (Wildman–Crippen LogP) is 1.03. The van der Waals surface area contributed by atoms with Crippen LogP contribution >= 0.6 is 0 Å². The number of amides is 1. The van der Waals surface area contributed by atoms with Crippen LogP contribution < -0.4 is 15.4 Å². The Balaban J connectivity index is 2.36. The van der Waals surface area contributed by atoms with Gasteiger partial charge in [0.2, 0.25) is 5.91 Å². The lowest BCUT2D eigenvalue weighted by atomic mass is 10.1. The molecule has 1 atom stereocenters. The summed E-state index contributed by atoms with van der Waals surface area (Å²) in [6.45, 7) is 3.62. The van der Waals surface area contributed by atoms with E-state index >= 15 is 0 Å². The molecule has 1 unspecified atom stereocenters. The van der Waals surface area contributed by atoms with Crippen LogP contribution in [0.25, 0.3) is 10.9 Å². The molecule has 0 spiro atoms. The minimum atomic E-state index is -0.229. The molecule has 0 fully saturated rings. The average Bonchev–Trinajstić information content (AvgIpc) is 2.41.